The van der Waals surface area contributed by atoms with Crippen molar-refractivity contribution in [2.45, 2.75) is 32.2 Å². The number of nitrogens with zero attached hydrogens (tertiary/aromatic N) is 2. The second-order valence-electron chi connectivity index (χ2n) is 8.51. The van der Waals surface area contributed by atoms with Gasteiger partial charge in [0.25, 0.3) is 11.8 Å². The molecule has 2 aliphatic rings. The highest BCUT2D eigenvalue weighted by atomic mass is 16.5. The van der Waals surface area contributed by atoms with Crippen LogP contribution in [0.3, 0.4) is 0 Å². The van der Waals surface area contributed by atoms with Gasteiger partial charge in [0, 0.05) is 29.9 Å². The Morgan fingerprint density at radius 2 is 1.56 bits per heavy atom. The van der Waals surface area contributed by atoms with Gasteiger partial charge in [0.05, 0.1) is 11.1 Å². The summed E-state index contributed by atoms with van der Waals surface area (Å²) in [6.07, 6.45) is 1.49. The Hall–Kier alpha value is -3.74. The third-order valence-corrected chi connectivity index (χ3v) is 6.15. The van der Waals surface area contributed by atoms with Crippen molar-refractivity contribution in [1.82, 2.24) is 4.90 Å². The molecule has 2 aliphatic heterocycles. The minimum absolute atomic E-state index is 0.254. The van der Waals surface area contributed by atoms with Crippen LogP contribution >= 0.6 is 0 Å². The van der Waals surface area contributed by atoms with E-state index in [0.717, 1.165) is 21.8 Å². The third-order valence-electron chi connectivity index (χ3n) is 6.15. The van der Waals surface area contributed by atoms with Gasteiger partial charge in [-0.1, -0.05) is 44.2 Å². The molecule has 0 aliphatic carbocycles. The lowest BCUT2D eigenvalue weighted by atomic mass is 9.83. The van der Waals surface area contributed by atoms with Crippen molar-refractivity contribution in [3.05, 3.63) is 77.0 Å². The number of amides is 2. The molecule has 0 spiro atoms. The zero-order valence-corrected chi connectivity index (χ0v) is 18.4. The van der Waals surface area contributed by atoms with Crippen LogP contribution in [0.4, 0.5) is 5.69 Å². The predicted molar refractivity (Wildman–Crippen MR) is 118 cm³/mol. The first kappa shape index (κ1) is 21.5. The van der Waals surface area contributed by atoms with Gasteiger partial charge in [-0.3, -0.25) is 19.3 Å². The molecule has 1 unspecified atom stereocenters. The standard InChI is InChI=1S/C25H24N2O5/c1-15(27-22(29)17-9-5-6-10-18(17)23(27)30)24(31)32-14-16(28)13-21-25(2,3)19-11-7-8-12-20(19)26(21)4/h5-13,15H,14H2,1-4H3/b21-13+. The number of esters is 1. The van der Waals surface area contributed by atoms with Gasteiger partial charge in [0.1, 0.15) is 6.04 Å². The number of anilines is 1. The van der Waals surface area contributed by atoms with E-state index in [1.807, 2.05) is 50.1 Å². The van der Waals surface area contributed by atoms with Gasteiger partial charge in [0.2, 0.25) is 0 Å². The first-order valence-electron chi connectivity index (χ1n) is 10.4. The molecule has 0 N–H and O–H groups in total. The molecule has 1 atom stereocenters. The van der Waals surface area contributed by atoms with E-state index in [1.165, 1.54) is 13.0 Å². The Morgan fingerprint density at radius 3 is 2.16 bits per heavy atom. The molecule has 0 radical (unpaired) electrons. The van der Waals surface area contributed by atoms with E-state index in [1.54, 1.807) is 24.3 Å². The maximum absolute atomic E-state index is 12.6. The lowest BCUT2D eigenvalue weighted by molar-refractivity contribution is -0.150. The van der Waals surface area contributed by atoms with Gasteiger partial charge in [-0.15, -0.1) is 0 Å². The number of ether oxygens (including phenoxy) is 1. The molecule has 0 bridgehead atoms. The number of imide groups is 1. The number of para-hydroxylation sites is 1. The highest BCUT2D eigenvalue weighted by Gasteiger charge is 2.42. The molecule has 32 heavy (non-hydrogen) atoms. The second-order valence-corrected chi connectivity index (χ2v) is 8.51. The highest BCUT2D eigenvalue weighted by Crippen LogP contribution is 2.46. The van der Waals surface area contributed by atoms with Crippen LogP contribution in [0.1, 0.15) is 47.1 Å². The topological polar surface area (TPSA) is 84.0 Å². The van der Waals surface area contributed by atoms with Gasteiger partial charge in [-0.2, -0.15) is 0 Å². The SMILES string of the molecule is CC(C(=O)OCC(=O)/C=C1/N(C)c2ccccc2C1(C)C)N1C(=O)c2ccccc2C1=O. The zero-order valence-electron chi connectivity index (χ0n) is 18.4. The number of fused-ring (bicyclic) bond motifs is 2. The largest absolute Gasteiger partial charge is 0.456 e. The van der Waals surface area contributed by atoms with Gasteiger partial charge in [-0.25, -0.2) is 4.79 Å². The van der Waals surface area contributed by atoms with E-state index in [2.05, 4.69) is 0 Å². The Kier molecular flexibility index (Phi) is 5.20. The monoisotopic (exact) mass is 432 g/mol. The van der Waals surface area contributed by atoms with E-state index in [9.17, 15) is 19.2 Å². The molecule has 0 saturated carbocycles. The van der Waals surface area contributed by atoms with Gasteiger partial charge in [0.15, 0.2) is 12.4 Å². The van der Waals surface area contributed by atoms with Crippen LogP contribution < -0.4 is 4.90 Å². The molecule has 0 saturated heterocycles. The van der Waals surface area contributed by atoms with Crippen LogP contribution in [0.5, 0.6) is 0 Å². The van der Waals surface area contributed by atoms with Crippen LogP contribution in [0.15, 0.2) is 60.3 Å². The van der Waals surface area contributed by atoms with Crippen LogP contribution in [-0.4, -0.2) is 48.2 Å². The zero-order chi connectivity index (χ0) is 23.2. The molecule has 2 aromatic rings. The summed E-state index contributed by atoms with van der Waals surface area (Å²) in [5.74, 6) is -2.28. The van der Waals surface area contributed by atoms with E-state index >= 15 is 0 Å². The number of rotatable bonds is 5. The van der Waals surface area contributed by atoms with E-state index in [4.69, 9.17) is 4.74 Å². The summed E-state index contributed by atoms with van der Waals surface area (Å²) in [4.78, 5) is 53.1. The fourth-order valence-electron chi connectivity index (χ4n) is 4.38. The summed E-state index contributed by atoms with van der Waals surface area (Å²) in [5.41, 5.74) is 3.06. The number of likely N-dealkylation sites (N-methyl/N-ethyl adjacent to an activating group) is 1. The van der Waals surface area contributed by atoms with Crippen molar-refractivity contribution in [3.8, 4) is 0 Å². The first-order valence-corrected chi connectivity index (χ1v) is 10.4. The first-order chi connectivity index (χ1) is 15.1. The average molecular weight is 432 g/mol. The van der Waals surface area contributed by atoms with Crippen molar-refractivity contribution in [1.29, 1.82) is 0 Å². The van der Waals surface area contributed by atoms with E-state index in [0.29, 0.717) is 0 Å². The summed E-state index contributed by atoms with van der Waals surface area (Å²) >= 11 is 0. The number of carbonyl (C=O) groups is 4. The second kappa shape index (κ2) is 7.75. The third kappa shape index (κ3) is 3.30. The smallest absolute Gasteiger partial charge is 0.329 e. The normalized spacial score (nSPS) is 18.6. The summed E-state index contributed by atoms with van der Waals surface area (Å²) in [7, 11) is 1.89. The molecular formula is C25H24N2O5. The fourth-order valence-corrected chi connectivity index (χ4v) is 4.38. The minimum atomic E-state index is -1.14. The fraction of sp³-hybridized carbons (Fsp3) is 0.280. The van der Waals surface area contributed by atoms with Crippen LogP contribution in [0, 0.1) is 0 Å². The quantitative estimate of drug-likeness (QED) is 0.410. The molecule has 0 aromatic heterocycles. The number of benzene rings is 2. The molecule has 2 heterocycles. The van der Waals surface area contributed by atoms with Crippen molar-refractivity contribution in [2.75, 3.05) is 18.6 Å². The lowest BCUT2D eigenvalue weighted by Gasteiger charge is -2.24. The predicted octanol–water partition coefficient (Wildman–Crippen LogP) is 3.09. The summed E-state index contributed by atoms with van der Waals surface area (Å²) in [6, 6.07) is 13.2. The molecule has 2 aromatic carbocycles. The lowest BCUT2D eigenvalue weighted by Crippen LogP contribution is -2.44. The number of allylic oxidation sites excluding steroid dienone is 1. The number of ketones is 1. The van der Waals surface area contributed by atoms with Crippen molar-refractivity contribution in [2.24, 2.45) is 0 Å². The summed E-state index contributed by atoms with van der Waals surface area (Å²) in [6.45, 7) is 5.00. The number of carbonyl (C=O) groups excluding carboxylic acids is 4. The van der Waals surface area contributed by atoms with E-state index < -0.39 is 30.4 Å². The van der Waals surface area contributed by atoms with Crippen LogP contribution in [0.25, 0.3) is 0 Å². The minimum Gasteiger partial charge on any atom is -0.456 e. The molecule has 0 fully saturated rings. The maximum Gasteiger partial charge on any atom is 0.329 e. The van der Waals surface area contributed by atoms with E-state index in [-0.39, 0.29) is 22.3 Å². The average Bonchev–Trinajstić information content (AvgIpc) is 3.14. The Balaban J connectivity index is 1.43. The number of hydrogen-bond donors (Lipinski definition) is 0. The summed E-state index contributed by atoms with van der Waals surface area (Å²) in [5, 5.41) is 0. The Bertz CT molecular complexity index is 1150. The molecule has 2 amide bonds. The molecular weight excluding hydrogens is 408 g/mol. The van der Waals surface area contributed by atoms with Crippen LogP contribution in [0.2, 0.25) is 0 Å². The highest BCUT2D eigenvalue weighted by molar-refractivity contribution is 6.22. The number of hydrogen-bond acceptors (Lipinski definition) is 6. The van der Waals surface area contributed by atoms with Crippen molar-refractivity contribution >= 4 is 29.3 Å². The van der Waals surface area contributed by atoms with Crippen LogP contribution in [-0.2, 0) is 19.7 Å². The van der Waals surface area contributed by atoms with Crippen molar-refractivity contribution < 1.29 is 23.9 Å². The maximum atomic E-state index is 12.6. The summed E-state index contributed by atoms with van der Waals surface area (Å²) < 4.78 is 5.17. The Morgan fingerprint density at radius 1 is 1.00 bits per heavy atom. The molecule has 7 nitrogen and oxygen atoms in total. The van der Waals surface area contributed by atoms with Gasteiger partial charge in [-0.05, 0) is 30.7 Å². The molecule has 7 heteroatoms. The van der Waals surface area contributed by atoms with Crippen molar-refractivity contribution in [3.63, 3.8) is 0 Å². The van der Waals surface area contributed by atoms with Gasteiger partial charge >= 0.3 is 5.97 Å². The molecule has 164 valence electrons. The molecule has 4 rings (SSSR count). The van der Waals surface area contributed by atoms with Gasteiger partial charge < -0.3 is 9.64 Å². The Labute approximate surface area is 186 Å².